The summed E-state index contributed by atoms with van der Waals surface area (Å²) in [7, 11) is 3.77. The van der Waals surface area contributed by atoms with Crippen molar-refractivity contribution in [3.05, 3.63) is 65.4 Å². The van der Waals surface area contributed by atoms with Crippen LogP contribution in [0.2, 0.25) is 0 Å². The van der Waals surface area contributed by atoms with Gasteiger partial charge in [0.05, 0.1) is 16.8 Å². The molecule has 178 valence electrons. The van der Waals surface area contributed by atoms with Gasteiger partial charge in [-0.25, -0.2) is 9.37 Å². The number of carbonyl (C=O) groups is 1. The zero-order chi connectivity index (χ0) is 24.7. The van der Waals surface area contributed by atoms with Crippen LogP contribution in [0.4, 0.5) is 4.39 Å². The fourth-order valence-corrected chi connectivity index (χ4v) is 4.78. The molecule has 2 aromatic carbocycles. The van der Waals surface area contributed by atoms with Gasteiger partial charge in [-0.15, -0.1) is 0 Å². The van der Waals surface area contributed by atoms with Crippen LogP contribution >= 0.6 is 0 Å². The van der Waals surface area contributed by atoms with E-state index in [0.717, 1.165) is 29.4 Å². The number of carbonyl (C=O) groups excluding carboxylic acids is 1. The first-order valence-electron chi connectivity index (χ1n) is 11.6. The van der Waals surface area contributed by atoms with Crippen LogP contribution in [0.25, 0.3) is 28.0 Å². The van der Waals surface area contributed by atoms with Crippen LogP contribution in [-0.2, 0) is 7.05 Å². The van der Waals surface area contributed by atoms with E-state index >= 15 is 0 Å². The minimum absolute atomic E-state index is 0.0388. The standard InChI is InChI=1S/C26H26FN7O/c1-16-24(26(35)33-10-4-5-20(15-33)29-2)30-25(17-6-7-18(13-28)22(27)12-17)34(16)21-8-9-23-19(11-21)14-32(3)31-23/h6-9,11-12,14,20,29H,4-5,10,15H2,1-3H3/t20-/m0/s1. The van der Waals surface area contributed by atoms with Crippen LogP contribution < -0.4 is 5.32 Å². The molecule has 3 heterocycles. The summed E-state index contributed by atoms with van der Waals surface area (Å²) in [6.07, 6.45) is 3.86. The summed E-state index contributed by atoms with van der Waals surface area (Å²) in [4.78, 5) is 20.2. The smallest absolute Gasteiger partial charge is 0.274 e. The van der Waals surface area contributed by atoms with Gasteiger partial charge in [-0.1, -0.05) is 0 Å². The number of piperidine rings is 1. The third kappa shape index (κ3) is 4.06. The summed E-state index contributed by atoms with van der Waals surface area (Å²) in [5.41, 5.74) is 3.10. The fraction of sp³-hybridized carbons (Fsp3) is 0.308. The molecule has 1 saturated heterocycles. The van der Waals surface area contributed by atoms with Gasteiger partial charge in [0.25, 0.3) is 5.91 Å². The van der Waals surface area contributed by atoms with E-state index < -0.39 is 5.82 Å². The Morgan fingerprint density at radius 3 is 2.83 bits per heavy atom. The zero-order valence-electron chi connectivity index (χ0n) is 19.9. The van der Waals surface area contributed by atoms with E-state index in [1.807, 2.05) is 61.0 Å². The van der Waals surface area contributed by atoms with Gasteiger partial charge in [0, 0.05) is 49.0 Å². The largest absolute Gasteiger partial charge is 0.336 e. The molecule has 8 nitrogen and oxygen atoms in total. The summed E-state index contributed by atoms with van der Waals surface area (Å²) in [6, 6.07) is 12.3. The SMILES string of the molecule is CN[C@H]1CCCN(C(=O)c2nc(-c3ccc(C#N)c(F)c3)n(-c3ccc4nn(C)cc4c3)c2C)C1. The molecule has 35 heavy (non-hydrogen) atoms. The van der Waals surface area contributed by atoms with Crippen molar-refractivity contribution in [2.75, 3.05) is 20.1 Å². The summed E-state index contributed by atoms with van der Waals surface area (Å²) in [5.74, 6) is -0.320. The van der Waals surface area contributed by atoms with Gasteiger partial charge in [0.1, 0.15) is 23.4 Å². The third-order valence-electron chi connectivity index (χ3n) is 6.64. The molecule has 0 saturated carbocycles. The zero-order valence-corrected chi connectivity index (χ0v) is 19.9. The van der Waals surface area contributed by atoms with Crippen LogP contribution in [0.5, 0.6) is 0 Å². The van der Waals surface area contributed by atoms with E-state index in [2.05, 4.69) is 10.4 Å². The number of rotatable bonds is 4. The molecule has 1 atom stereocenters. The van der Waals surface area contributed by atoms with Crippen LogP contribution in [0.1, 0.15) is 34.6 Å². The molecule has 0 radical (unpaired) electrons. The number of imidazole rings is 1. The van der Waals surface area contributed by atoms with Crippen LogP contribution in [-0.4, -0.2) is 56.3 Å². The maximum Gasteiger partial charge on any atom is 0.274 e. The number of likely N-dealkylation sites (tertiary alicyclic amines) is 1. The Bertz CT molecular complexity index is 1480. The number of nitrogens with zero attached hydrogens (tertiary/aromatic N) is 6. The highest BCUT2D eigenvalue weighted by atomic mass is 19.1. The van der Waals surface area contributed by atoms with Crippen LogP contribution in [0.15, 0.2) is 42.6 Å². The lowest BCUT2D eigenvalue weighted by Gasteiger charge is -2.32. The van der Waals surface area contributed by atoms with E-state index in [0.29, 0.717) is 35.9 Å². The quantitative estimate of drug-likeness (QED) is 0.491. The van der Waals surface area contributed by atoms with E-state index in [1.165, 1.54) is 12.1 Å². The maximum absolute atomic E-state index is 14.6. The summed E-state index contributed by atoms with van der Waals surface area (Å²) < 4.78 is 18.2. The Morgan fingerprint density at radius 1 is 1.26 bits per heavy atom. The van der Waals surface area contributed by atoms with E-state index in [1.54, 1.807) is 10.7 Å². The number of aryl methyl sites for hydroxylation is 1. The fourth-order valence-electron chi connectivity index (χ4n) is 4.78. The molecule has 1 aliphatic heterocycles. The van der Waals surface area contributed by atoms with Gasteiger partial charge in [-0.3, -0.25) is 14.0 Å². The molecule has 4 aromatic rings. The van der Waals surface area contributed by atoms with Gasteiger partial charge < -0.3 is 10.2 Å². The van der Waals surface area contributed by atoms with E-state index in [9.17, 15) is 9.18 Å². The van der Waals surface area contributed by atoms with Gasteiger partial charge in [0.2, 0.25) is 0 Å². The normalized spacial score (nSPS) is 16.0. The molecule has 1 aliphatic rings. The third-order valence-corrected chi connectivity index (χ3v) is 6.64. The number of nitriles is 1. The number of benzene rings is 2. The summed E-state index contributed by atoms with van der Waals surface area (Å²) >= 11 is 0. The highest BCUT2D eigenvalue weighted by Crippen LogP contribution is 2.30. The van der Waals surface area contributed by atoms with Crippen molar-refractivity contribution in [3.63, 3.8) is 0 Å². The van der Waals surface area contributed by atoms with Gasteiger partial charge in [0.15, 0.2) is 0 Å². The predicted octanol–water partition coefficient (Wildman–Crippen LogP) is 3.57. The molecular weight excluding hydrogens is 445 g/mol. The first-order valence-corrected chi connectivity index (χ1v) is 11.6. The van der Waals surface area contributed by atoms with Crippen molar-refractivity contribution >= 4 is 16.8 Å². The second-order valence-corrected chi connectivity index (χ2v) is 8.94. The number of fused-ring (bicyclic) bond motifs is 1. The molecule has 2 aromatic heterocycles. The maximum atomic E-state index is 14.6. The number of aromatic nitrogens is 4. The number of likely N-dealkylation sites (N-methyl/N-ethyl adjacent to an activating group) is 1. The van der Waals surface area contributed by atoms with Crippen molar-refractivity contribution in [1.82, 2.24) is 29.5 Å². The Labute approximate surface area is 202 Å². The van der Waals surface area contributed by atoms with Gasteiger partial charge in [-0.05, 0) is 63.2 Å². The lowest BCUT2D eigenvalue weighted by Crippen LogP contribution is -2.47. The Hall–Kier alpha value is -4.03. The first-order chi connectivity index (χ1) is 16.9. The average Bonchev–Trinajstić information content (AvgIpc) is 3.41. The van der Waals surface area contributed by atoms with Crippen LogP contribution in [0, 0.1) is 24.1 Å². The summed E-state index contributed by atoms with van der Waals surface area (Å²) in [6.45, 7) is 3.15. The second kappa shape index (κ2) is 8.96. The Kier molecular flexibility index (Phi) is 5.83. The molecule has 1 N–H and O–H groups in total. The minimum atomic E-state index is -0.624. The molecule has 5 rings (SSSR count). The monoisotopic (exact) mass is 471 g/mol. The van der Waals surface area contributed by atoms with Crippen molar-refractivity contribution in [3.8, 4) is 23.1 Å². The first kappa shape index (κ1) is 22.7. The van der Waals surface area contributed by atoms with Crippen molar-refractivity contribution in [1.29, 1.82) is 5.26 Å². The van der Waals surface area contributed by atoms with E-state index in [4.69, 9.17) is 10.2 Å². The molecule has 1 fully saturated rings. The van der Waals surface area contributed by atoms with Gasteiger partial charge >= 0.3 is 0 Å². The lowest BCUT2D eigenvalue weighted by atomic mass is 10.1. The molecule has 0 aliphatic carbocycles. The molecule has 1 amide bonds. The van der Waals surface area contributed by atoms with E-state index in [-0.39, 0.29) is 17.5 Å². The van der Waals surface area contributed by atoms with Crippen molar-refractivity contribution < 1.29 is 9.18 Å². The van der Waals surface area contributed by atoms with Crippen LogP contribution in [0.3, 0.4) is 0 Å². The Balaban J connectivity index is 1.66. The topological polar surface area (TPSA) is 91.8 Å². The van der Waals surface area contributed by atoms with Gasteiger partial charge in [-0.2, -0.15) is 10.4 Å². The molecule has 0 bridgehead atoms. The summed E-state index contributed by atoms with van der Waals surface area (Å²) in [5, 5.41) is 17.8. The number of halogens is 1. The second-order valence-electron chi connectivity index (χ2n) is 8.94. The number of hydrogen-bond donors (Lipinski definition) is 1. The average molecular weight is 472 g/mol. The Morgan fingerprint density at radius 2 is 2.09 bits per heavy atom. The molecular formula is C26H26FN7O. The number of amides is 1. The molecule has 0 spiro atoms. The molecule has 9 heteroatoms. The molecule has 0 unspecified atom stereocenters. The number of hydrogen-bond acceptors (Lipinski definition) is 5. The number of nitrogens with one attached hydrogen (secondary N) is 1. The predicted molar refractivity (Wildman–Crippen MR) is 131 cm³/mol. The van der Waals surface area contributed by atoms with Crippen molar-refractivity contribution in [2.45, 2.75) is 25.8 Å². The highest BCUT2D eigenvalue weighted by Gasteiger charge is 2.29. The minimum Gasteiger partial charge on any atom is -0.336 e. The van der Waals surface area contributed by atoms with Crippen molar-refractivity contribution in [2.24, 2.45) is 7.05 Å². The highest BCUT2D eigenvalue weighted by molar-refractivity contribution is 5.95. The lowest BCUT2D eigenvalue weighted by molar-refractivity contribution is 0.0692.